The smallest absolute Gasteiger partial charge is 0.247 e. The van der Waals surface area contributed by atoms with Gasteiger partial charge in [0.2, 0.25) is 17.7 Å². The Kier molecular flexibility index (Phi) is 4.16. The van der Waals surface area contributed by atoms with Gasteiger partial charge >= 0.3 is 0 Å². The number of aryl methyl sites for hydroxylation is 1. The normalized spacial score (nSPS) is 18.4. The molecule has 1 saturated carbocycles. The Balaban J connectivity index is 1.38. The topological polar surface area (TPSA) is 77.2 Å². The molecule has 6 heteroatoms. The largest absolute Gasteiger partial charge is 0.497 e. The molecule has 132 valence electrons. The average Bonchev–Trinajstić information content (AvgIpc) is 3.36. The summed E-state index contributed by atoms with van der Waals surface area (Å²) in [6, 6.07) is 15.3. The number of nitrogens with one attached hydrogen (secondary N) is 1. The fourth-order valence-corrected chi connectivity index (χ4v) is 3.05. The predicted octanol–water partition coefficient (Wildman–Crippen LogP) is 3.80. The van der Waals surface area contributed by atoms with Gasteiger partial charge in [-0.05, 0) is 54.3 Å². The number of carbonyl (C=O) groups is 1. The zero-order valence-corrected chi connectivity index (χ0v) is 14.6. The third-order valence-electron chi connectivity index (χ3n) is 4.60. The second kappa shape index (κ2) is 6.63. The van der Waals surface area contributed by atoms with Crippen molar-refractivity contribution < 1.29 is 13.9 Å². The van der Waals surface area contributed by atoms with E-state index in [0.29, 0.717) is 11.8 Å². The van der Waals surface area contributed by atoms with Crippen LogP contribution in [0.1, 0.15) is 23.8 Å². The lowest BCUT2D eigenvalue weighted by molar-refractivity contribution is -0.117. The lowest BCUT2D eigenvalue weighted by Gasteiger charge is -2.06. The van der Waals surface area contributed by atoms with Gasteiger partial charge in [-0.15, -0.1) is 10.2 Å². The summed E-state index contributed by atoms with van der Waals surface area (Å²) in [4.78, 5) is 12.5. The van der Waals surface area contributed by atoms with Crippen molar-refractivity contribution in [2.75, 3.05) is 12.4 Å². The summed E-state index contributed by atoms with van der Waals surface area (Å²) >= 11 is 0. The fraction of sp³-hybridized carbons (Fsp3) is 0.250. The maximum absolute atomic E-state index is 12.5. The minimum absolute atomic E-state index is 0.0154. The van der Waals surface area contributed by atoms with Gasteiger partial charge in [-0.3, -0.25) is 4.79 Å². The highest BCUT2D eigenvalue weighted by atomic mass is 16.5. The Morgan fingerprint density at radius 1 is 1.12 bits per heavy atom. The molecule has 0 bridgehead atoms. The molecule has 1 heterocycles. The molecule has 1 fully saturated rings. The number of hydrogen-bond donors (Lipinski definition) is 1. The van der Waals surface area contributed by atoms with Gasteiger partial charge in [0.25, 0.3) is 0 Å². The van der Waals surface area contributed by atoms with Gasteiger partial charge in [0, 0.05) is 24.1 Å². The molecule has 1 aromatic heterocycles. The second-order valence-corrected chi connectivity index (χ2v) is 6.41. The molecule has 6 nitrogen and oxygen atoms in total. The summed E-state index contributed by atoms with van der Waals surface area (Å²) < 4.78 is 10.6. The van der Waals surface area contributed by atoms with Crippen molar-refractivity contribution in [3.05, 3.63) is 60.0 Å². The van der Waals surface area contributed by atoms with Crippen molar-refractivity contribution in [3.63, 3.8) is 0 Å². The molecule has 0 spiro atoms. The van der Waals surface area contributed by atoms with Gasteiger partial charge in [0.15, 0.2) is 0 Å². The van der Waals surface area contributed by atoms with Gasteiger partial charge < -0.3 is 14.5 Å². The van der Waals surface area contributed by atoms with Crippen molar-refractivity contribution in [2.45, 2.75) is 19.3 Å². The number of aromatic nitrogens is 2. The highest BCUT2D eigenvalue weighted by molar-refractivity contribution is 5.95. The third-order valence-corrected chi connectivity index (χ3v) is 4.60. The number of benzene rings is 2. The molecule has 0 unspecified atom stereocenters. The Labute approximate surface area is 151 Å². The van der Waals surface area contributed by atoms with Gasteiger partial charge in [-0.1, -0.05) is 12.1 Å². The summed E-state index contributed by atoms with van der Waals surface area (Å²) in [5.41, 5.74) is 2.76. The first-order valence-corrected chi connectivity index (χ1v) is 8.49. The number of methoxy groups -OCH3 is 1. The summed E-state index contributed by atoms with van der Waals surface area (Å²) in [7, 11) is 1.65. The SMILES string of the molecule is COc1ccc([C@@H]2C[C@H]2C(=O)Nc2ccc(-c3nnc(C)o3)cc2)cc1. The van der Waals surface area contributed by atoms with Crippen molar-refractivity contribution in [3.8, 4) is 17.2 Å². The van der Waals surface area contributed by atoms with E-state index in [1.165, 1.54) is 5.56 Å². The van der Waals surface area contributed by atoms with Gasteiger partial charge in [-0.25, -0.2) is 0 Å². The van der Waals surface area contributed by atoms with Crippen LogP contribution in [0.4, 0.5) is 5.69 Å². The van der Waals surface area contributed by atoms with E-state index < -0.39 is 0 Å². The minimum atomic E-state index is 0.0154. The Morgan fingerprint density at radius 3 is 2.46 bits per heavy atom. The molecular weight excluding hydrogens is 330 g/mol. The average molecular weight is 349 g/mol. The Morgan fingerprint density at radius 2 is 1.85 bits per heavy atom. The van der Waals surface area contributed by atoms with Crippen LogP contribution in [0.15, 0.2) is 52.9 Å². The molecule has 2 aromatic carbocycles. The second-order valence-electron chi connectivity index (χ2n) is 6.41. The van der Waals surface area contributed by atoms with Gasteiger partial charge in [0.1, 0.15) is 5.75 Å². The first-order chi connectivity index (χ1) is 12.6. The molecule has 0 saturated heterocycles. The van der Waals surface area contributed by atoms with E-state index >= 15 is 0 Å². The van der Waals surface area contributed by atoms with E-state index in [1.807, 2.05) is 48.5 Å². The fourth-order valence-electron chi connectivity index (χ4n) is 3.05. The van der Waals surface area contributed by atoms with E-state index in [-0.39, 0.29) is 17.7 Å². The monoisotopic (exact) mass is 349 g/mol. The summed E-state index contributed by atoms with van der Waals surface area (Å²) in [5, 5.41) is 10.8. The Bertz CT molecular complexity index is 916. The van der Waals surface area contributed by atoms with Crippen LogP contribution in [0.2, 0.25) is 0 Å². The third kappa shape index (κ3) is 3.31. The van der Waals surface area contributed by atoms with E-state index in [2.05, 4.69) is 15.5 Å². The minimum Gasteiger partial charge on any atom is -0.497 e. The predicted molar refractivity (Wildman–Crippen MR) is 96.9 cm³/mol. The number of hydrogen-bond acceptors (Lipinski definition) is 5. The van der Waals surface area contributed by atoms with Crippen molar-refractivity contribution >= 4 is 11.6 Å². The van der Waals surface area contributed by atoms with E-state index in [9.17, 15) is 4.79 Å². The number of nitrogens with zero attached hydrogens (tertiary/aromatic N) is 2. The first-order valence-electron chi connectivity index (χ1n) is 8.49. The lowest BCUT2D eigenvalue weighted by Crippen LogP contribution is -2.14. The summed E-state index contributed by atoms with van der Waals surface area (Å²) in [6.45, 7) is 1.75. The molecular formula is C20H19N3O3. The maximum Gasteiger partial charge on any atom is 0.247 e. The van der Waals surface area contributed by atoms with E-state index in [4.69, 9.17) is 9.15 Å². The van der Waals surface area contributed by atoms with Crippen molar-refractivity contribution in [1.29, 1.82) is 0 Å². The van der Waals surface area contributed by atoms with E-state index in [1.54, 1.807) is 14.0 Å². The van der Waals surface area contributed by atoms with Crippen molar-refractivity contribution in [2.24, 2.45) is 5.92 Å². The van der Waals surface area contributed by atoms with Crippen molar-refractivity contribution in [1.82, 2.24) is 10.2 Å². The summed E-state index contributed by atoms with van der Waals surface area (Å²) in [6.07, 6.45) is 0.873. The quantitative estimate of drug-likeness (QED) is 0.758. The van der Waals surface area contributed by atoms with Gasteiger partial charge in [0.05, 0.1) is 7.11 Å². The molecule has 1 aliphatic carbocycles. The maximum atomic E-state index is 12.5. The summed E-state index contributed by atoms with van der Waals surface area (Å²) in [5.74, 6) is 2.17. The van der Waals surface area contributed by atoms with Crippen LogP contribution in [0.3, 0.4) is 0 Å². The molecule has 26 heavy (non-hydrogen) atoms. The number of carbonyl (C=O) groups excluding carboxylic acids is 1. The number of amides is 1. The van der Waals surface area contributed by atoms with E-state index in [0.717, 1.165) is 23.4 Å². The standard InChI is InChI=1S/C20H19N3O3/c1-12-22-23-20(26-12)14-3-7-15(8-4-14)21-19(24)18-11-17(18)13-5-9-16(25-2)10-6-13/h3-10,17-18H,11H2,1-2H3,(H,21,24)/t17-,18+/m0/s1. The highest BCUT2D eigenvalue weighted by Gasteiger charge is 2.43. The van der Waals surface area contributed by atoms with Crippen LogP contribution in [0.25, 0.3) is 11.5 Å². The number of anilines is 1. The Hall–Kier alpha value is -3.15. The molecule has 1 N–H and O–H groups in total. The molecule has 2 atom stereocenters. The van der Waals surface area contributed by atoms with Crippen LogP contribution in [-0.2, 0) is 4.79 Å². The molecule has 1 amide bonds. The molecule has 4 rings (SSSR count). The molecule has 0 aliphatic heterocycles. The zero-order chi connectivity index (χ0) is 18.1. The van der Waals surface area contributed by atoms with Crippen LogP contribution < -0.4 is 10.1 Å². The van der Waals surface area contributed by atoms with Gasteiger partial charge in [-0.2, -0.15) is 0 Å². The first kappa shape index (κ1) is 16.3. The van der Waals surface area contributed by atoms with Crippen LogP contribution >= 0.6 is 0 Å². The molecule has 1 aliphatic rings. The number of ether oxygens (including phenoxy) is 1. The van der Waals surface area contributed by atoms with Crippen LogP contribution in [-0.4, -0.2) is 23.2 Å². The molecule has 0 radical (unpaired) electrons. The zero-order valence-electron chi connectivity index (χ0n) is 14.6. The lowest BCUT2D eigenvalue weighted by atomic mass is 10.1. The van der Waals surface area contributed by atoms with Crippen LogP contribution in [0, 0.1) is 12.8 Å². The molecule has 3 aromatic rings. The van der Waals surface area contributed by atoms with Crippen LogP contribution in [0.5, 0.6) is 5.75 Å². The highest BCUT2D eigenvalue weighted by Crippen LogP contribution is 2.48. The number of rotatable bonds is 5.